The molecular weight excluding hydrogens is 432 g/mol. The van der Waals surface area contributed by atoms with Gasteiger partial charge in [-0.3, -0.25) is 19.5 Å². The minimum Gasteiger partial charge on any atom is -0.467 e. The third-order valence-corrected chi connectivity index (χ3v) is 6.13. The highest BCUT2D eigenvalue weighted by Crippen LogP contribution is 2.27. The Kier molecular flexibility index (Phi) is 7.05. The SMILES string of the molecule is O=C(CCSc1nnc(N2CCCCC2)n1Cc1ccco1)Nc1ccccc1[N+](=O)[O-]. The van der Waals surface area contributed by atoms with Crippen molar-refractivity contribution in [2.45, 2.75) is 37.4 Å². The Morgan fingerprint density at radius 1 is 1.16 bits per heavy atom. The number of anilines is 2. The summed E-state index contributed by atoms with van der Waals surface area (Å²) in [6.45, 7) is 2.40. The van der Waals surface area contributed by atoms with Crippen LogP contribution in [0.25, 0.3) is 0 Å². The van der Waals surface area contributed by atoms with Crippen LogP contribution in [-0.2, 0) is 11.3 Å². The van der Waals surface area contributed by atoms with E-state index in [9.17, 15) is 14.9 Å². The molecule has 1 saturated heterocycles. The van der Waals surface area contributed by atoms with Crippen LogP contribution in [0.4, 0.5) is 17.3 Å². The van der Waals surface area contributed by atoms with Crippen LogP contribution >= 0.6 is 11.8 Å². The summed E-state index contributed by atoms with van der Waals surface area (Å²) in [5.74, 6) is 1.79. The summed E-state index contributed by atoms with van der Waals surface area (Å²) in [6, 6.07) is 9.86. The molecule has 1 amide bonds. The molecule has 0 atom stereocenters. The molecule has 1 aliphatic rings. The topological polar surface area (TPSA) is 119 Å². The summed E-state index contributed by atoms with van der Waals surface area (Å²) < 4.78 is 7.54. The summed E-state index contributed by atoms with van der Waals surface area (Å²) in [7, 11) is 0. The van der Waals surface area contributed by atoms with Gasteiger partial charge < -0.3 is 14.6 Å². The molecule has 3 heterocycles. The predicted octanol–water partition coefficient (Wildman–Crippen LogP) is 3.94. The van der Waals surface area contributed by atoms with E-state index >= 15 is 0 Å². The summed E-state index contributed by atoms with van der Waals surface area (Å²) in [6.07, 6.45) is 5.30. The molecule has 1 fully saturated rings. The number of nitrogens with one attached hydrogen (secondary N) is 1. The number of nitro groups is 1. The summed E-state index contributed by atoms with van der Waals surface area (Å²) in [4.78, 5) is 25.2. The number of para-hydroxylation sites is 2. The average Bonchev–Trinajstić information content (AvgIpc) is 3.45. The number of rotatable bonds is 9. The zero-order valence-electron chi connectivity index (χ0n) is 17.5. The monoisotopic (exact) mass is 456 g/mol. The second-order valence-electron chi connectivity index (χ2n) is 7.42. The second-order valence-corrected chi connectivity index (χ2v) is 8.48. The highest BCUT2D eigenvalue weighted by molar-refractivity contribution is 7.99. The minimum absolute atomic E-state index is 0.127. The van der Waals surface area contributed by atoms with Gasteiger partial charge in [-0.1, -0.05) is 23.9 Å². The number of hydrogen-bond donors (Lipinski definition) is 1. The molecule has 1 aliphatic heterocycles. The number of thioether (sulfide) groups is 1. The van der Waals surface area contributed by atoms with E-state index in [0.717, 1.165) is 37.6 Å². The van der Waals surface area contributed by atoms with Gasteiger partial charge in [0.1, 0.15) is 11.4 Å². The van der Waals surface area contributed by atoms with Crippen LogP contribution in [0.15, 0.2) is 52.2 Å². The maximum atomic E-state index is 12.4. The Hall–Kier alpha value is -3.34. The summed E-state index contributed by atoms with van der Waals surface area (Å²) >= 11 is 1.43. The number of furan rings is 1. The standard InChI is InChI=1S/C21H24N6O4S/c28-19(22-17-8-2-3-9-18(17)27(29)30)10-14-32-21-24-23-20(25-11-4-1-5-12-25)26(21)15-16-7-6-13-31-16/h2-3,6-9,13H,1,4-5,10-12,14-15H2,(H,22,28). The van der Waals surface area contributed by atoms with E-state index in [1.165, 1.54) is 30.3 Å². The van der Waals surface area contributed by atoms with Crippen molar-refractivity contribution in [2.75, 3.05) is 29.1 Å². The third kappa shape index (κ3) is 5.28. The van der Waals surface area contributed by atoms with Gasteiger partial charge in [0.05, 0.1) is 17.7 Å². The molecule has 4 rings (SSSR count). The fraction of sp³-hybridized carbons (Fsp3) is 0.381. The first kappa shape index (κ1) is 21.9. The number of benzene rings is 1. The largest absolute Gasteiger partial charge is 0.467 e. The molecular formula is C21H24N6O4S. The number of nitro benzene ring substituents is 1. The van der Waals surface area contributed by atoms with E-state index in [0.29, 0.717) is 17.5 Å². The number of hydrogen-bond acceptors (Lipinski definition) is 8. The van der Waals surface area contributed by atoms with Crippen LogP contribution in [-0.4, -0.2) is 44.4 Å². The highest BCUT2D eigenvalue weighted by Gasteiger charge is 2.21. The lowest BCUT2D eigenvalue weighted by Crippen LogP contribution is -2.32. The van der Waals surface area contributed by atoms with Crippen molar-refractivity contribution in [3.63, 3.8) is 0 Å². The molecule has 3 aromatic rings. The van der Waals surface area contributed by atoms with E-state index < -0.39 is 4.92 Å². The molecule has 10 nitrogen and oxygen atoms in total. The molecule has 32 heavy (non-hydrogen) atoms. The minimum atomic E-state index is -0.510. The first-order valence-electron chi connectivity index (χ1n) is 10.5. The number of carbonyl (C=O) groups is 1. The molecule has 0 saturated carbocycles. The Bertz CT molecular complexity index is 1060. The Labute approximate surface area is 189 Å². The number of aromatic nitrogens is 3. The molecule has 0 bridgehead atoms. The molecule has 2 aromatic heterocycles. The van der Waals surface area contributed by atoms with E-state index in [2.05, 4.69) is 20.4 Å². The Morgan fingerprint density at radius 3 is 2.72 bits per heavy atom. The molecule has 1 N–H and O–H groups in total. The molecule has 168 valence electrons. The highest BCUT2D eigenvalue weighted by atomic mass is 32.2. The second kappa shape index (κ2) is 10.3. The van der Waals surface area contributed by atoms with Gasteiger partial charge in [-0.2, -0.15) is 0 Å². The maximum absolute atomic E-state index is 12.4. The fourth-order valence-corrected chi connectivity index (χ4v) is 4.47. The molecule has 11 heteroatoms. The van der Waals surface area contributed by atoms with Crippen LogP contribution < -0.4 is 10.2 Å². The van der Waals surface area contributed by atoms with Crippen LogP contribution in [0.1, 0.15) is 31.4 Å². The van der Waals surface area contributed by atoms with Crippen LogP contribution in [0.3, 0.4) is 0 Å². The number of carbonyl (C=O) groups excluding carboxylic acids is 1. The zero-order valence-corrected chi connectivity index (χ0v) is 18.3. The van der Waals surface area contributed by atoms with Crippen molar-refractivity contribution in [1.82, 2.24) is 14.8 Å². The lowest BCUT2D eigenvalue weighted by molar-refractivity contribution is -0.383. The van der Waals surface area contributed by atoms with Crippen molar-refractivity contribution < 1.29 is 14.1 Å². The van der Waals surface area contributed by atoms with Gasteiger partial charge in [0.15, 0.2) is 5.16 Å². The fourth-order valence-electron chi connectivity index (χ4n) is 3.60. The van der Waals surface area contributed by atoms with E-state index in [4.69, 9.17) is 4.42 Å². The number of amides is 1. The molecule has 0 aliphatic carbocycles. The summed E-state index contributed by atoms with van der Waals surface area (Å²) in [5, 5.41) is 23.2. The Balaban J connectivity index is 1.41. The van der Waals surface area contributed by atoms with Crippen LogP contribution in [0.2, 0.25) is 0 Å². The molecule has 1 aromatic carbocycles. The third-order valence-electron chi connectivity index (χ3n) is 5.17. The predicted molar refractivity (Wildman–Crippen MR) is 121 cm³/mol. The first-order chi connectivity index (χ1) is 15.6. The van der Waals surface area contributed by atoms with Crippen molar-refractivity contribution in [3.05, 3.63) is 58.5 Å². The van der Waals surface area contributed by atoms with E-state index in [-0.39, 0.29) is 23.7 Å². The summed E-state index contributed by atoms with van der Waals surface area (Å²) in [5.41, 5.74) is 0.0683. The van der Waals surface area contributed by atoms with Gasteiger partial charge in [-0.05, 0) is 37.5 Å². The van der Waals surface area contributed by atoms with Crippen molar-refractivity contribution in [1.29, 1.82) is 0 Å². The smallest absolute Gasteiger partial charge is 0.292 e. The molecule has 0 unspecified atom stereocenters. The van der Waals surface area contributed by atoms with Gasteiger partial charge in [0.25, 0.3) is 5.69 Å². The first-order valence-corrected chi connectivity index (χ1v) is 11.5. The van der Waals surface area contributed by atoms with Gasteiger partial charge in [-0.25, -0.2) is 0 Å². The lowest BCUT2D eigenvalue weighted by atomic mass is 10.1. The maximum Gasteiger partial charge on any atom is 0.292 e. The quantitative estimate of drug-likeness (QED) is 0.292. The van der Waals surface area contributed by atoms with Gasteiger partial charge in [-0.15, -0.1) is 10.2 Å². The average molecular weight is 457 g/mol. The van der Waals surface area contributed by atoms with Crippen LogP contribution in [0, 0.1) is 10.1 Å². The van der Waals surface area contributed by atoms with Crippen molar-refractivity contribution in [3.8, 4) is 0 Å². The van der Waals surface area contributed by atoms with E-state index in [1.54, 1.807) is 18.4 Å². The van der Waals surface area contributed by atoms with Gasteiger partial charge >= 0.3 is 0 Å². The lowest BCUT2D eigenvalue weighted by Gasteiger charge is -2.27. The van der Waals surface area contributed by atoms with Crippen molar-refractivity contribution >= 4 is 35.0 Å². The number of piperidine rings is 1. The van der Waals surface area contributed by atoms with Gasteiger partial charge in [0.2, 0.25) is 11.9 Å². The zero-order chi connectivity index (χ0) is 22.3. The Morgan fingerprint density at radius 2 is 1.97 bits per heavy atom. The van der Waals surface area contributed by atoms with E-state index in [1.807, 2.05) is 16.7 Å². The normalized spacial score (nSPS) is 13.8. The molecule has 0 radical (unpaired) electrons. The molecule has 0 spiro atoms. The number of nitrogens with zero attached hydrogens (tertiary/aromatic N) is 5. The van der Waals surface area contributed by atoms with Gasteiger partial charge in [0, 0.05) is 31.3 Å². The van der Waals surface area contributed by atoms with Crippen LogP contribution in [0.5, 0.6) is 0 Å². The van der Waals surface area contributed by atoms with Crippen molar-refractivity contribution in [2.24, 2.45) is 0 Å².